The van der Waals surface area contributed by atoms with E-state index in [1.54, 1.807) is 31.4 Å². The van der Waals surface area contributed by atoms with E-state index in [0.29, 0.717) is 11.4 Å². The maximum atomic E-state index is 11.4. The lowest BCUT2D eigenvalue weighted by Crippen LogP contribution is -2.32. The minimum atomic E-state index is -0.656. The zero-order valence-electron chi connectivity index (χ0n) is 10.6. The molecule has 0 aliphatic heterocycles. The van der Waals surface area contributed by atoms with E-state index < -0.39 is 5.91 Å². The highest BCUT2D eigenvalue weighted by atomic mass is 16.5. The van der Waals surface area contributed by atoms with Crippen LogP contribution in [0, 0.1) is 0 Å². The molecule has 9 nitrogen and oxygen atoms in total. The zero-order valence-corrected chi connectivity index (χ0v) is 10.6. The van der Waals surface area contributed by atoms with Crippen molar-refractivity contribution in [1.29, 1.82) is 0 Å². The number of nitrogens with two attached hydrogens (primary N) is 2. The van der Waals surface area contributed by atoms with Crippen molar-refractivity contribution in [2.45, 2.75) is 0 Å². The van der Waals surface area contributed by atoms with Gasteiger partial charge in [0, 0.05) is 5.69 Å². The lowest BCUT2D eigenvalue weighted by atomic mass is 10.3. The van der Waals surface area contributed by atoms with Gasteiger partial charge in [0.1, 0.15) is 5.75 Å². The highest BCUT2D eigenvalue weighted by Crippen LogP contribution is 2.18. The molecule has 2 aromatic rings. The molecule has 1 aromatic carbocycles. The van der Waals surface area contributed by atoms with Gasteiger partial charge in [0.05, 0.1) is 7.11 Å². The number of benzene rings is 1. The molecule has 9 heteroatoms. The Hall–Kier alpha value is -2.94. The third kappa shape index (κ3) is 3.09. The second-order valence-corrected chi connectivity index (χ2v) is 3.67. The number of nitrogen functional groups attached to an aromatic ring is 2. The first kappa shape index (κ1) is 13.5. The summed E-state index contributed by atoms with van der Waals surface area (Å²) < 4.78 is 5.05. The smallest absolute Gasteiger partial charge is 0.303 e. The molecule has 2 rings (SSSR count). The van der Waals surface area contributed by atoms with Crippen molar-refractivity contribution < 1.29 is 9.53 Å². The SMILES string of the molecule is COc1ccc(Nc2nc(N)nc(C(=O)NN)n2)cc1. The summed E-state index contributed by atoms with van der Waals surface area (Å²) in [6, 6.07) is 7.06. The van der Waals surface area contributed by atoms with E-state index in [2.05, 4.69) is 20.3 Å². The molecule has 0 atom stereocenters. The molecule has 0 unspecified atom stereocenters. The number of anilines is 3. The fraction of sp³-hybridized carbons (Fsp3) is 0.0909. The Kier molecular flexibility index (Phi) is 3.91. The highest BCUT2D eigenvalue weighted by Gasteiger charge is 2.11. The van der Waals surface area contributed by atoms with E-state index in [0.717, 1.165) is 0 Å². The fourth-order valence-electron chi connectivity index (χ4n) is 1.42. The maximum absolute atomic E-state index is 11.4. The van der Waals surface area contributed by atoms with Gasteiger partial charge in [0.25, 0.3) is 0 Å². The minimum Gasteiger partial charge on any atom is -0.497 e. The van der Waals surface area contributed by atoms with Crippen molar-refractivity contribution in [2.75, 3.05) is 18.2 Å². The topological polar surface area (TPSA) is 141 Å². The average molecular weight is 275 g/mol. The molecule has 6 N–H and O–H groups in total. The van der Waals surface area contributed by atoms with Crippen molar-refractivity contribution in [2.24, 2.45) is 5.84 Å². The van der Waals surface area contributed by atoms with Gasteiger partial charge in [0.2, 0.25) is 17.7 Å². The van der Waals surface area contributed by atoms with Crippen molar-refractivity contribution in [1.82, 2.24) is 20.4 Å². The summed E-state index contributed by atoms with van der Waals surface area (Å²) in [5.74, 6) is 4.96. The van der Waals surface area contributed by atoms with E-state index in [4.69, 9.17) is 16.3 Å². The number of amides is 1. The lowest BCUT2D eigenvalue weighted by molar-refractivity contribution is 0.0943. The molecule has 104 valence electrons. The van der Waals surface area contributed by atoms with E-state index in [1.165, 1.54) is 0 Å². The number of hydrogen-bond acceptors (Lipinski definition) is 8. The van der Waals surface area contributed by atoms with Crippen LogP contribution in [0.3, 0.4) is 0 Å². The molecule has 1 amide bonds. The molecule has 0 aliphatic carbocycles. The second-order valence-electron chi connectivity index (χ2n) is 3.67. The molecule has 0 fully saturated rings. The number of aromatic nitrogens is 3. The number of nitrogens with one attached hydrogen (secondary N) is 2. The molecule has 0 bridgehead atoms. The Balaban J connectivity index is 2.23. The molecule has 20 heavy (non-hydrogen) atoms. The molecular formula is C11H13N7O2. The number of rotatable bonds is 4. The van der Waals surface area contributed by atoms with Crippen molar-refractivity contribution in [3.8, 4) is 5.75 Å². The zero-order chi connectivity index (χ0) is 14.5. The van der Waals surface area contributed by atoms with E-state index in [-0.39, 0.29) is 17.7 Å². The van der Waals surface area contributed by atoms with E-state index in [9.17, 15) is 4.79 Å². The minimum absolute atomic E-state index is 0.0883. The van der Waals surface area contributed by atoms with Crippen LogP contribution in [0.1, 0.15) is 10.6 Å². The Bertz CT molecular complexity index is 615. The number of hydrogen-bond donors (Lipinski definition) is 4. The molecule has 0 aliphatic rings. The summed E-state index contributed by atoms with van der Waals surface area (Å²) in [6.07, 6.45) is 0. The van der Waals surface area contributed by atoms with Crippen molar-refractivity contribution >= 4 is 23.5 Å². The van der Waals surface area contributed by atoms with Crippen molar-refractivity contribution in [3.63, 3.8) is 0 Å². The number of methoxy groups -OCH3 is 1. The van der Waals surface area contributed by atoms with Crippen LogP contribution in [-0.4, -0.2) is 28.0 Å². The summed E-state index contributed by atoms with van der Waals surface area (Å²) in [5, 5.41) is 2.90. The van der Waals surface area contributed by atoms with Crippen molar-refractivity contribution in [3.05, 3.63) is 30.1 Å². The van der Waals surface area contributed by atoms with Gasteiger partial charge in [-0.25, -0.2) is 5.84 Å². The Labute approximate surface area is 114 Å². The predicted octanol–water partition coefficient (Wildman–Crippen LogP) is -0.190. The summed E-state index contributed by atoms with van der Waals surface area (Å²) in [5.41, 5.74) is 8.14. The quantitative estimate of drug-likeness (QED) is 0.342. The molecule has 0 saturated heterocycles. The average Bonchev–Trinajstić information content (AvgIpc) is 2.46. The third-order valence-corrected chi connectivity index (χ3v) is 2.33. The summed E-state index contributed by atoms with van der Waals surface area (Å²) in [7, 11) is 1.58. The van der Waals surface area contributed by atoms with Gasteiger partial charge in [-0.05, 0) is 24.3 Å². The molecule has 0 radical (unpaired) electrons. The van der Waals surface area contributed by atoms with Gasteiger partial charge in [-0.1, -0.05) is 0 Å². The van der Waals surface area contributed by atoms with Crippen LogP contribution in [0.15, 0.2) is 24.3 Å². The highest BCUT2D eigenvalue weighted by molar-refractivity contribution is 5.90. The Morgan fingerprint density at radius 2 is 1.90 bits per heavy atom. The number of ether oxygens (including phenoxy) is 1. The van der Waals surface area contributed by atoms with Gasteiger partial charge in [-0.2, -0.15) is 15.0 Å². The largest absolute Gasteiger partial charge is 0.497 e. The monoisotopic (exact) mass is 275 g/mol. The first-order valence-corrected chi connectivity index (χ1v) is 5.56. The van der Waals surface area contributed by atoms with Gasteiger partial charge in [-0.15, -0.1) is 0 Å². The van der Waals surface area contributed by atoms with Gasteiger partial charge in [-0.3, -0.25) is 10.2 Å². The van der Waals surface area contributed by atoms with E-state index in [1.807, 2.05) is 5.43 Å². The van der Waals surface area contributed by atoms with E-state index >= 15 is 0 Å². The normalized spacial score (nSPS) is 9.90. The molecular weight excluding hydrogens is 262 g/mol. The van der Waals surface area contributed by atoms with Crippen LogP contribution in [0.25, 0.3) is 0 Å². The Morgan fingerprint density at radius 1 is 1.20 bits per heavy atom. The van der Waals surface area contributed by atoms with Crippen LogP contribution in [0.4, 0.5) is 17.6 Å². The maximum Gasteiger partial charge on any atom is 0.303 e. The first-order valence-electron chi connectivity index (χ1n) is 5.56. The summed E-state index contributed by atoms with van der Waals surface area (Å²) in [6.45, 7) is 0. The number of nitrogens with zero attached hydrogens (tertiary/aromatic N) is 3. The first-order chi connectivity index (χ1) is 9.62. The third-order valence-electron chi connectivity index (χ3n) is 2.33. The molecule has 0 spiro atoms. The number of carbonyl (C=O) groups is 1. The number of hydrazine groups is 1. The van der Waals surface area contributed by atoms with Crippen LogP contribution >= 0.6 is 0 Å². The molecule has 1 aromatic heterocycles. The predicted molar refractivity (Wildman–Crippen MR) is 72.2 cm³/mol. The summed E-state index contributed by atoms with van der Waals surface area (Å²) >= 11 is 0. The Morgan fingerprint density at radius 3 is 2.50 bits per heavy atom. The summed E-state index contributed by atoms with van der Waals surface area (Å²) in [4.78, 5) is 22.8. The fourth-order valence-corrected chi connectivity index (χ4v) is 1.42. The van der Waals surface area contributed by atoms with Crippen LogP contribution in [0.2, 0.25) is 0 Å². The number of carbonyl (C=O) groups excluding carboxylic acids is 1. The van der Waals surface area contributed by atoms with Crippen LogP contribution in [0.5, 0.6) is 5.75 Å². The lowest BCUT2D eigenvalue weighted by Gasteiger charge is -2.07. The van der Waals surface area contributed by atoms with Gasteiger partial charge < -0.3 is 15.8 Å². The van der Waals surface area contributed by atoms with Crippen LogP contribution in [-0.2, 0) is 0 Å². The van der Waals surface area contributed by atoms with Gasteiger partial charge in [0.15, 0.2) is 0 Å². The van der Waals surface area contributed by atoms with Gasteiger partial charge >= 0.3 is 5.91 Å². The second kappa shape index (κ2) is 5.80. The standard InChI is InChI=1S/C11H13N7O2/c1-20-7-4-2-6(3-5-7)14-11-16-8(9(19)18-13)15-10(12)17-11/h2-5H,13H2,1H3,(H,18,19)(H3,12,14,15,16,17). The van der Waals surface area contributed by atoms with Crippen LogP contribution < -0.4 is 27.1 Å². The molecule has 0 saturated carbocycles. The molecule has 1 heterocycles.